The van der Waals surface area contributed by atoms with Crippen molar-refractivity contribution in [3.8, 4) is 0 Å². The quantitative estimate of drug-likeness (QED) is 0.610. The Bertz CT molecular complexity index is 923. The van der Waals surface area contributed by atoms with E-state index in [9.17, 15) is 9.59 Å². The minimum absolute atomic E-state index is 0.00528. The van der Waals surface area contributed by atoms with Crippen molar-refractivity contribution in [2.75, 3.05) is 5.32 Å². The number of nitrogens with zero attached hydrogens (tertiary/aromatic N) is 2. The van der Waals surface area contributed by atoms with E-state index in [0.717, 1.165) is 21.8 Å². The number of aromatic nitrogens is 2. The van der Waals surface area contributed by atoms with Crippen molar-refractivity contribution < 1.29 is 9.59 Å². The lowest BCUT2D eigenvalue weighted by Gasteiger charge is -2.04. The van der Waals surface area contributed by atoms with Crippen LogP contribution in [-0.4, -0.2) is 22.0 Å². The highest BCUT2D eigenvalue weighted by atomic mass is 32.1. The second kappa shape index (κ2) is 9.75. The highest BCUT2D eigenvalue weighted by Gasteiger charge is 2.13. The second-order valence-corrected chi connectivity index (χ2v) is 7.50. The van der Waals surface area contributed by atoms with Gasteiger partial charge >= 0.3 is 0 Å². The third-order valence-corrected chi connectivity index (χ3v) is 5.08. The minimum atomic E-state index is -0.270. The van der Waals surface area contributed by atoms with Crippen LogP contribution in [0.25, 0.3) is 0 Å². The smallest absolute Gasteiger partial charge is 0.286 e. The molecule has 0 aliphatic rings. The first-order chi connectivity index (χ1) is 13.6. The largest absolute Gasteiger partial charge is 0.352 e. The molecule has 2 aromatic carbocycles. The van der Waals surface area contributed by atoms with Crippen LogP contribution in [0.2, 0.25) is 0 Å². The molecule has 7 heteroatoms. The molecule has 0 aliphatic heterocycles. The van der Waals surface area contributed by atoms with Crippen LogP contribution in [0.3, 0.4) is 0 Å². The van der Waals surface area contributed by atoms with Gasteiger partial charge in [-0.15, -0.1) is 10.2 Å². The Hall–Kier alpha value is -3.06. The summed E-state index contributed by atoms with van der Waals surface area (Å²) >= 11 is 1.26. The Morgan fingerprint density at radius 1 is 1.00 bits per heavy atom. The van der Waals surface area contributed by atoms with Crippen LogP contribution in [-0.2, 0) is 17.8 Å². The Balaban J connectivity index is 1.41. The molecule has 3 aromatic rings. The lowest BCUT2D eigenvalue weighted by molar-refractivity contribution is -0.121. The third kappa shape index (κ3) is 5.99. The Kier molecular flexibility index (Phi) is 6.86. The fraction of sp³-hybridized carbons (Fsp3) is 0.238. The van der Waals surface area contributed by atoms with Crippen molar-refractivity contribution in [1.29, 1.82) is 0 Å². The van der Waals surface area contributed by atoms with Gasteiger partial charge in [-0.2, -0.15) is 0 Å². The molecule has 6 nitrogen and oxygen atoms in total. The zero-order valence-electron chi connectivity index (χ0n) is 15.6. The second-order valence-electron chi connectivity index (χ2n) is 6.44. The maximum atomic E-state index is 12.2. The number of rotatable bonds is 8. The van der Waals surface area contributed by atoms with E-state index >= 15 is 0 Å². The van der Waals surface area contributed by atoms with Crippen molar-refractivity contribution in [3.63, 3.8) is 0 Å². The molecule has 0 saturated heterocycles. The maximum Gasteiger partial charge on any atom is 0.286 e. The molecule has 1 heterocycles. The summed E-state index contributed by atoms with van der Waals surface area (Å²) in [6.07, 6.45) is 1.69. The molecule has 0 aliphatic carbocycles. The van der Waals surface area contributed by atoms with Crippen molar-refractivity contribution >= 4 is 28.8 Å². The standard InChI is InChI=1S/C21H22N4O2S/c1-15-10-12-17(13-11-15)23-20(27)21-25-24-19(28-21)9-5-8-18(26)22-14-16-6-3-2-4-7-16/h2-4,6-7,10-13H,5,8-9,14H2,1H3,(H,22,26)(H,23,27). The molecule has 0 fully saturated rings. The van der Waals surface area contributed by atoms with E-state index in [1.165, 1.54) is 11.3 Å². The summed E-state index contributed by atoms with van der Waals surface area (Å²) < 4.78 is 0. The minimum Gasteiger partial charge on any atom is -0.352 e. The van der Waals surface area contributed by atoms with Gasteiger partial charge in [0.2, 0.25) is 10.9 Å². The van der Waals surface area contributed by atoms with Gasteiger partial charge in [-0.3, -0.25) is 9.59 Å². The number of nitrogens with one attached hydrogen (secondary N) is 2. The summed E-state index contributed by atoms with van der Waals surface area (Å²) in [5.41, 5.74) is 2.93. The van der Waals surface area contributed by atoms with Gasteiger partial charge in [-0.25, -0.2) is 0 Å². The Labute approximate surface area is 168 Å². The summed E-state index contributed by atoms with van der Waals surface area (Å²) in [5.74, 6) is -0.265. The van der Waals surface area contributed by atoms with Gasteiger partial charge in [0.25, 0.3) is 5.91 Å². The first-order valence-corrected chi connectivity index (χ1v) is 9.93. The highest BCUT2D eigenvalue weighted by molar-refractivity contribution is 7.13. The van der Waals surface area contributed by atoms with Crippen LogP contribution in [0.5, 0.6) is 0 Å². The summed E-state index contributed by atoms with van der Waals surface area (Å²) in [6.45, 7) is 2.52. The number of hydrogen-bond acceptors (Lipinski definition) is 5. The molecule has 28 heavy (non-hydrogen) atoms. The van der Waals surface area contributed by atoms with Crippen LogP contribution in [0.15, 0.2) is 54.6 Å². The number of carbonyl (C=O) groups excluding carboxylic acids is 2. The van der Waals surface area contributed by atoms with Crippen molar-refractivity contribution in [2.24, 2.45) is 0 Å². The number of benzene rings is 2. The molecule has 144 valence electrons. The van der Waals surface area contributed by atoms with Gasteiger partial charge in [-0.1, -0.05) is 59.4 Å². The van der Waals surface area contributed by atoms with E-state index in [1.807, 2.05) is 61.5 Å². The van der Waals surface area contributed by atoms with Gasteiger partial charge in [0.15, 0.2) is 0 Å². The number of hydrogen-bond donors (Lipinski definition) is 2. The summed E-state index contributed by atoms with van der Waals surface area (Å²) in [6, 6.07) is 17.4. The molecular formula is C21H22N4O2S. The molecule has 2 amide bonds. The van der Waals surface area contributed by atoms with Gasteiger partial charge in [0, 0.05) is 25.1 Å². The van der Waals surface area contributed by atoms with Gasteiger partial charge in [0.1, 0.15) is 5.01 Å². The average molecular weight is 395 g/mol. The molecular weight excluding hydrogens is 372 g/mol. The molecule has 2 N–H and O–H groups in total. The molecule has 0 saturated carbocycles. The van der Waals surface area contributed by atoms with Crippen molar-refractivity contribution in [2.45, 2.75) is 32.7 Å². The molecule has 1 aromatic heterocycles. The predicted molar refractivity (Wildman–Crippen MR) is 110 cm³/mol. The molecule has 0 spiro atoms. The summed E-state index contributed by atoms with van der Waals surface area (Å²) in [5, 5.41) is 14.8. The topological polar surface area (TPSA) is 84.0 Å². The normalized spacial score (nSPS) is 10.5. The third-order valence-electron chi connectivity index (χ3n) is 4.10. The molecule has 0 radical (unpaired) electrons. The van der Waals surface area contributed by atoms with Crippen molar-refractivity contribution in [3.05, 3.63) is 75.7 Å². The Morgan fingerprint density at radius 2 is 1.75 bits per heavy atom. The van der Waals surface area contributed by atoms with Crippen LogP contribution < -0.4 is 10.6 Å². The predicted octanol–water partition coefficient (Wildman–Crippen LogP) is 3.74. The zero-order chi connectivity index (χ0) is 19.8. The fourth-order valence-corrected chi connectivity index (χ4v) is 3.33. The monoisotopic (exact) mass is 394 g/mol. The van der Waals surface area contributed by atoms with Crippen LogP contribution in [0, 0.1) is 6.92 Å². The number of aryl methyl sites for hydroxylation is 2. The average Bonchev–Trinajstić information content (AvgIpc) is 3.18. The molecule has 3 rings (SSSR count). The van der Waals surface area contributed by atoms with Gasteiger partial charge in [0.05, 0.1) is 0 Å². The molecule has 0 atom stereocenters. The van der Waals surface area contributed by atoms with E-state index in [0.29, 0.717) is 30.8 Å². The Morgan fingerprint density at radius 3 is 2.50 bits per heavy atom. The maximum absolute atomic E-state index is 12.2. The van der Waals surface area contributed by atoms with Crippen LogP contribution >= 0.6 is 11.3 Å². The fourth-order valence-electron chi connectivity index (χ4n) is 2.55. The summed E-state index contributed by atoms with van der Waals surface area (Å²) in [4.78, 5) is 24.2. The number of anilines is 1. The summed E-state index contributed by atoms with van der Waals surface area (Å²) in [7, 11) is 0. The van der Waals surface area contributed by atoms with Gasteiger partial charge < -0.3 is 10.6 Å². The van der Waals surface area contributed by atoms with Crippen LogP contribution in [0.1, 0.15) is 38.8 Å². The SMILES string of the molecule is Cc1ccc(NC(=O)c2nnc(CCCC(=O)NCc3ccccc3)s2)cc1. The number of carbonyl (C=O) groups is 2. The molecule has 0 bridgehead atoms. The lowest BCUT2D eigenvalue weighted by atomic mass is 10.2. The zero-order valence-corrected chi connectivity index (χ0v) is 16.5. The lowest BCUT2D eigenvalue weighted by Crippen LogP contribution is -2.22. The highest BCUT2D eigenvalue weighted by Crippen LogP contribution is 2.15. The van der Waals surface area contributed by atoms with E-state index in [-0.39, 0.29) is 11.8 Å². The number of amides is 2. The van der Waals surface area contributed by atoms with Crippen molar-refractivity contribution in [1.82, 2.24) is 15.5 Å². The van der Waals surface area contributed by atoms with E-state index in [1.54, 1.807) is 0 Å². The van der Waals surface area contributed by atoms with E-state index < -0.39 is 0 Å². The molecule has 0 unspecified atom stereocenters. The van der Waals surface area contributed by atoms with Crippen LogP contribution in [0.4, 0.5) is 5.69 Å². The van der Waals surface area contributed by atoms with E-state index in [4.69, 9.17) is 0 Å². The first-order valence-electron chi connectivity index (χ1n) is 9.11. The van der Waals surface area contributed by atoms with E-state index in [2.05, 4.69) is 20.8 Å². The van der Waals surface area contributed by atoms with Gasteiger partial charge in [-0.05, 0) is 31.0 Å². The first kappa shape index (κ1) is 19.7.